The predicted octanol–water partition coefficient (Wildman–Crippen LogP) is 3.78. The van der Waals surface area contributed by atoms with Crippen molar-refractivity contribution in [2.75, 3.05) is 11.9 Å². The van der Waals surface area contributed by atoms with Gasteiger partial charge in [0.1, 0.15) is 5.82 Å². The molecule has 0 radical (unpaired) electrons. The van der Waals surface area contributed by atoms with Crippen LogP contribution < -0.4 is 5.32 Å². The Kier molecular flexibility index (Phi) is 5.49. The molecule has 0 aliphatic rings. The van der Waals surface area contributed by atoms with Gasteiger partial charge in [-0.2, -0.15) is 0 Å². The predicted molar refractivity (Wildman–Crippen MR) is 84.8 cm³/mol. The van der Waals surface area contributed by atoms with E-state index in [1.54, 1.807) is 30.3 Å². The molecule has 114 valence electrons. The molecule has 0 heterocycles. The Labute approximate surface area is 132 Å². The number of hydrogen-bond donors (Lipinski definition) is 1. The molecule has 0 spiro atoms. The number of nitrogens with zero attached hydrogens (tertiary/aromatic N) is 1. The van der Waals surface area contributed by atoms with Crippen molar-refractivity contribution in [2.45, 2.75) is 6.92 Å². The highest BCUT2D eigenvalue weighted by Crippen LogP contribution is 2.22. The van der Waals surface area contributed by atoms with E-state index in [0.29, 0.717) is 10.7 Å². The molecule has 2 rings (SSSR count). The van der Waals surface area contributed by atoms with Crippen molar-refractivity contribution in [1.82, 2.24) is 0 Å². The molecule has 0 unspecified atom stereocenters. The van der Waals surface area contributed by atoms with E-state index in [9.17, 15) is 9.18 Å². The lowest BCUT2D eigenvalue weighted by Crippen LogP contribution is -2.17. The number of aryl methyl sites for hydroxylation is 1. The molecular weight excluding hydrogens is 307 g/mol. The number of benzene rings is 2. The number of nitrogens with one attached hydrogen (secondary N) is 1. The zero-order valence-corrected chi connectivity index (χ0v) is 12.6. The van der Waals surface area contributed by atoms with Crippen LogP contribution in [0.1, 0.15) is 11.1 Å². The van der Waals surface area contributed by atoms with Crippen LogP contribution in [0.2, 0.25) is 5.02 Å². The fraction of sp³-hybridized carbons (Fsp3) is 0.125. The van der Waals surface area contributed by atoms with E-state index in [4.69, 9.17) is 16.4 Å². The molecule has 1 N–H and O–H groups in total. The van der Waals surface area contributed by atoms with Crippen LogP contribution in [0.4, 0.5) is 10.1 Å². The third-order valence-electron chi connectivity index (χ3n) is 2.77. The van der Waals surface area contributed by atoms with Crippen LogP contribution in [0.3, 0.4) is 0 Å². The van der Waals surface area contributed by atoms with Gasteiger partial charge in [0, 0.05) is 5.56 Å². The summed E-state index contributed by atoms with van der Waals surface area (Å²) in [6, 6.07) is 11.4. The summed E-state index contributed by atoms with van der Waals surface area (Å²) in [6.07, 6.45) is 1.21. The largest absolute Gasteiger partial charge is 0.386 e. The van der Waals surface area contributed by atoms with Gasteiger partial charge in [-0.25, -0.2) is 4.39 Å². The second kappa shape index (κ2) is 7.56. The Morgan fingerprint density at radius 1 is 1.36 bits per heavy atom. The summed E-state index contributed by atoms with van der Waals surface area (Å²) in [7, 11) is 0. The van der Waals surface area contributed by atoms with Gasteiger partial charge in [-0.05, 0) is 30.7 Å². The van der Waals surface area contributed by atoms with Crippen molar-refractivity contribution in [1.29, 1.82) is 0 Å². The highest BCUT2D eigenvalue weighted by molar-refractivity contribution is 6.33. The van der Waals surface area contributed by atoms with E-state index in [1.807, 2.05) is 13.0 Å². The summed E-state index contributed by atoms with van der Waals surface area (Å²) in [5.41, 5.74) is 1.78. The second-order valence-electron chi connectivity index (χ2n) is 4.56. The van der Waals surface area contributed by atoms with E-state index >= 15 is 0 Å². The van der Waals surface area contributed by atoms with E-state index in [1.165, 1.54) is 12.3 Å². The summed E-state index contributed by atoms with van der Waals surface area (Å²) in [5, 5.41) is 6.61. The van der Waals surface area contributed by atoms with Gasteiger partial charge < -0.3 is 10.2 Å². The molecule has 2 aromatic carbocycles. The van der Waals surface area contributed by atoms with Gasteiger partial charge in [-0.1, -0.05) is 41.0 Å². The van der Waals surface area contributed by atoms with E-state index in [0.717, 1.165) is 5.56 Å². The molecule has 0 aromatic heterocycles. The molecule has 0 fully saturated rings. The average Bonchev–Trinajstić information content (AvgIpc) is 2.48. The minimum absolute atomic E-state index is 0.282. The van der Waals surface area contributed by atoms with Crippen LogP contribution in [0.15, 0.2) is 47.6 Å². The molecule has 22 heavy (non-hydrogen) atoms. The van der Waals surface area contributed by atoms with Gasteiger partial charge in [0.05, 0.1) is 16.9 Å². The molecular formula is C16H14ClFN2O2. The second-order valence-corrected chi connectivity index (χ2v) is 4.97. The number of halogens is 2. The first kappa shape index (κ1) is 16.0. The quantitative estimate of drug-likeness (QED) is 0.673. The van der Waals surface area contributed by atoms with Gasteiger partial charge in [0.2, 0.25) is 0 Å². The lowest BCUT2D eigenvalue weighted by Gasteiger charge is -2.07. The van der Waals surface area contributed by atoms with E-state index in [2.05, 4.69) is 10.5 Å². The summed E-state index contributed by atoms with van der Waals surface area (Å²) in [4.78, 5) is 16.5. The highest BCUT2D eigenvalue weighted by Gasteiger charge is 2.06. The van der Waals surface area contributed by atoms with Crippen molar-refractivity contribution >= 4 is 29.4 Å². The summed E-state index contributed by atoms with van der Waals surface area (Å²) in [6.45, 7) is 1.60. The van der Waals surface area contributed by atoms with Crippen molar-refractivity contribution in [2.24, 2.45) is 5.16 Å². The minimum Gasteiger partial charge on any atom is -0.386 e. The van der Waals surface area contributed by atoms with Gasteiger partial charge in [-0.15, -0.1) is 0 Å². The third kappa shape index (κ3) is 4.56. The maximum absolute atomic E-state index is 13.3. The van der Waals surface area contributed by atoms with Crippen molar-refractivity contribution in [3.05, 3.63) is 64.4 Å². The van der Waals surface area contributed by atoms with Crippen LogP contribution in [0.25, 0.3) is 0 Å². The molecule has 0 saturated carbocycles. The molecule has 4 nitrogen and oxygen atoms in total. The summed E-state index contributed by atoms with van der Waals surface area (Å²) in [5.74, 6) is -0.817. The molecule has 0 aliphatic carbocycles. The monoisotopic (exact) mass is 320 g/mol. The standard InChI is InChI=1S/C16H14ClFN2O2/c1-11-6-7-15(13(17)8-11)20-16(21)10-22-19-9-12-4-2-3-5-14(12)18/h2-9H,10H2,1H3,(H,20,21)/b19-9-. The molecule has 0 aliphatic heterocycles. The normalized spacial score (nSPS) is 10.7. The maximum Gasteiger partial charge on any atom is 0.265 e. The highest BCUT2D eigenvalue weighted by atomic mass is 35.5. The van der Waals surface area contributed by atoms with Crippen LogP contribution >= 0.6 is 11.6 Å². The number of carbonyl (C=O) groups is 1. The smallest absolute Gasteiger partial charge is 0.265 e. The van der Waals surface area contributed by atoms with Crippen LogP contribution in [0, 0.1) is 12.7 Å². The van der Waals surface area contributed by atoms with Gasteiger partial charge in [0.15, 0.2) is 6.61 Å². The first-order chi connectivity index (χ1) is 10.6. The van der Waals surface area contributed by atoms with Gasteiger partial charge in [-0.3, -0.25) is 4.79 Å². The minimum atomic E-state index is -0.411. The molecule has 0 bridgehead atoms. The van der Waals surface area contributed by atoms with Crippen LogP contribution in [0.5, 0.6) is 0 Å². The molecule has 2 aromatic rings. The number of anilines is 1. The Bertz CT molecular complexity index is 704. The molecule has 6 heteroatoms. The first-order valence-corrected chi connectivity index (χ1v) is 6.90. The van der Waals surface area contributed by atoms with Gasteiger partial charge in [0.25, 0.3) is 5.91 Å². The Morgan fingerprint density at radius 3 is 2.86 bits per heavy atom. The Morgan fingerprint density at radius 2 is 2.14 bits per heavy atom. The first-order valence-electron chi connectivity index (χ1n) is 6.52. The number of oxime groups is 1. The Hall–Kier alpha value is -2.40. The van der Waals surface area contributed by atoms with Crippen molar-refractivity contribution in [3.63, 3.8) is 0 Å². The lowest BCUT2D eigenvalue weighted by atomic mass is 10.2. The molecule has 0 saturated heterocycles. The third-order valence-corrected chi connectivity index (χ3v) is 3.08. The number of rotatable bonds is 5. The summed E-state index contributed by atoms with van der Waals surface area (Å²) >= 11 is 6.01. The average molecular weight is 321 g/mol. The topological polar surface area (TPSA) is 50.7 Å². The molecule has 1 amide bonds. The van der Waals surface area contributed by atoms with E-state index in [-0.39, 0.29) is 12.2 Å². The fourth-order valence-corrected chi connectivity index (χ4v) is 1.96. The lowest BCUT2D eigenvalue weighted by molar-refractivity contribution is -0.120. The molecule has 0 atom stereocenters. The zero-order chi connectivity index (χ0) is 15.9. The number of carbonyl (C=O) groups excluding carboxylic acids is 1. The van der Waals surface area contributed by atoms with Crippen molar-refractivity contribution < 1.29 is 14.0 Å². The Balaban J connectivity index is 1.84. The van der Waals surface area contributed by atoms with Crippen molar-refractivity contribution in [3.8, 4) is 0 Å². The number of amides is 1. The maximum atomic E-state index is 13.3. The number of hydrogen-bond acceptors (Lipinski definition) is 3. The van der Waals surface area contributed by atoms with E-state index < -0.39 is 11.7 Å². The SMILES string of the molecule is Cc1ccc(NC(=O)CO/N=C\c2ccccc2F)c(Cl)c1. The van der Waals surface area contributed by atoms with Crippen LogP contribution in [-0.2, 0) is 9.63 Å². The van der Waals surface area contributed by atoms with Gasteiger partial charge >= 0.3 is 0 Å². The fourth-order valence-electron chi connectivity index (χ4n) is 1.68. The zero-order valence-electron chi connectivity index (χ0n) is 11.8. The van der Waals surface area contributed by atoms with Crippen LogP contribution in [-0.4, -0.2) is 18.7 Å². The summed E-state index contributed by atoms with van der Waals surface area (Å²) < 4.78 is 13.3.